The number of primary amides is 3. The molecule has 34 nitrogen and oxygen atoms in total. The Morgan fingerprint density at radius 3 is 0.894 bits per heavy atom. The molecular weight excluding hydrogens is 2030 g/mol. The van der Waals surface area contributed by atoms with Gasteiger partial charge in [0.2, 0.25) is 17.7 Å². The van der Waals surface area contributed by atoms with Crippen molar-refractivity contribution in [3.63, 3.8) is 0 Å². The summed E-state index contributed by atoms with van der Waals surface area (Å²) in [6.07, 6.45) is 28.6. The summed E-state index contributed by atoms with van der Waals surface area (Å²) in [5, 5.41) is 20.0. The summed E-state index contributed by atoms with van der Waals surface area (Å²) in [7, 11) is 0. The van der Waals surface area contributed by atoms with Crippen molar-refractivity contribution in [1.29, 1.82) is 5.41 Å². The fourth-order valence-electron chi connectivity index (χ4n) is 12.5. The van der Waals surface area contributed by atoms with E-state index in [4.69, 9.17) is 105 Å². The molecule has 0 fully saturated rings. The van der Waals surface area contributed by atoms with Gasteiger partial charge in [-0.15, -0.1) is 48.8 Å². The number of rotatable bonds is 47. The summed E-state index contributed by atoms with van der Waals surface area (Å²) in [4.78, 5) is 121. The normalized spacial score (nSPS) is 10.6. The number of carbonyl (C=O) groups excluding carboxylic acids is 9. The summed E-state index contributed by atoms with van der Waals surface area (Å²) in [6.45, 7) is 22.1. The number of aromatic nitrogens is 4. The highest BCUT2D eigenvalue weighted by Crippen LogP contribution is 2.22. The number of nitrogens with two attached hydrogens (primary N) is 10. The largest absolute Gasteiger partial charge is 0.466 e. The number of nitrogen functional groups attached to an aromatic ring is 5. The summed E-state index contributed by atoms with van der Waals surface area (Å²) in [5.74, 6) is -2.51. The number of guanidine groups is 1. The molecule has 142 heavy (non-hydrogen) atoms. The number of hydrogen-bond acceptors (Lipinski definition) is 26. The molecule has 0 spiro atoms. The van der Waals surface area contributed by atoms with Gasteiger partial charge in [-0.25, -0.2) is 34.3 Å². The molecule has 0 aliphatic carbocycles. The molecule has 0 unspecified atom stereocenters. The number of nitrogens with zero attached hydrogens (tertiary/aromatic N) is 5. The average Bonchev–Trinajstić information content (AvgIpc) is 0.842. The number of amides is 8. The summed E-state index contributed by atoms with van der Waals surface area (Å²) in [5.41, 5.74) is 65.0. The smallest absolute Gasteiger partial charge is 0.407 e. The maximum absolute atomic E-state index is 12.2. The van der Waals surface area contributed by atoms with E-state index in [0.29, 0.717) is 58.5 Å². The third kappa shape index (κ3) is 71.6. The molecule has 7 rings (SSSR count). The number of anilines is 5. The van der Waals surface area contributed by atoms with E-state index in [1.165, 1.54) is 50.1 Å². The Labute approximate surface area is 886 Å². The zero-order chi connectivity index (χ0) is 102. The summed E-state index contributed by atoms with van der Waals surface area (Å²) in [6, 6.07) is 42.4. The molecule has 5 aromatic carbocycles. The number of esters is 1. The number of thioether (sulfide) groups is 1. The predicted octanol–water partition coefficient (Wildman–Crippen LogP) is 18.4. The number of ether oxygens (including phenoxy) is 4. The molecule has 0 atom stereocenters. The number of aliphatic imine (C=N–C) groups is 1. The van der Waals surface area contributed by atoms with Crippen molar-refractivity contribution in [3.05, 3.63) is 193 Å². The first-order valence-electron chi connectivity index (χ1n) is 46.9. The molecule has 2 heterocycles. The van der Waals surface area contributed by atoms with E-state index < -0.39 is 28.6 Å². The van der Waals surface area contributed by atoms with Gasteiger partial charge in [0, 0.05) is 57.5 Å². The number of aryl methyl sites for hydroxylation is 9. The maximum atomic E-state index is 12.2. The number of benzene rings is 5. The zero-order valence-corrected chi connectivity index (χ0v) is 89.7. The van der Waals surface area contributed by atoms with Crippen molar-refractivity contribution in [2.75, 3.05) is 74.3 Å². The predicted molar refractivity (Wildman–Crippen MR) is 595 cm³/mol. The first-order chi connectivity index (χ1) is 64.9. The highest BCUT2D eigenvalue weighted by Gasteiger charge is 2.22. The average molecular weight is 2190 g/mol. The minimum Gasteiger partial charge on any atom is -0.466 e. The maximum Gasteiger partial charge on any atom is 0.407 e. The van der Waals surface area contributed by atoms with Gasteiger partial charge in [0.1, 0.15) is 16.8 Å². The van der Waals surface area contributed by atoms with Gasteiger partial charge < -0.3 is 97.6 Å². The van der Waals surface area contributed by atoms with Crippen molar-refractivity contribution < 1.29 is 62.1 Å². The van der Waals surface area contributed by atoms with Gasteiger partial charge >= 0.3 is 24.2 Å². The number of carbonyl (C=O) groups is 9. The number of unbranched alkanes of at least 4 members (excludes halogenated alkanes) is 9. The molecule has 8 amide bonds. The van der Waals surface area contributed by atoms with Crippen LogP contribution in [-0.2, 0) is 95.9 Å². The summed E-state index contributed by atoms with van der Waals surface area (Å²) >= 11 is 12.4. The van der Waals surface area contributed by atoms with E-state index >= 15 is 0 Å². The lowest BCUT2D eigenvalue weighted by Gasteiger charge is -2.19. The number of halogens is 5. The highest BCUT2D eigenvalue weighted by atomic mass is 127. The fourth-order valence-corrected chi connectivity index (χ4v) is 13.0. The Morgan fingerprint density at radius 1 is 0.380 bits per heavy atom. The quantitative estimate of drug-likeness (QED) is 0.00320. The minimum atomic E-state index is -0.659. The zero-order valence-electron chi connectivity index (χ0n) is 83.4. The molecule has 0 aliphatic heterocycles. The van der Waals surface area contributed by atoms with Crippen molar-refractivity contribution >= 4 is 178 Å². The van der Waals surface area contributed by atoms with Gasteiger partial charge in [0.25, 0.3) is 11.8 Å². The van der Waals surface area contributed by atoms with E-state index in [1.54, 1.807) is 6.26 Å². The van der Waals surface area contributed by atoms with Crippen LogP contribution in [0.4, 0.5) is 43.3 Å². The van der Waals surface area contributed by atoms with Crippen LogP contribution in [0.3, 0.4) is 0 Å². The first-order valence-corrected chi connectivity index (χ1v) is 48.8. The van der Waals surface area contributed by atoms with Crippen LogP contribution < -0.4 is 83.9 Å². The Balaban J connectivity index is -0.000000811. The van der Waals surface area contributed by atoms with Crippen LogP contribution in [-0.4, -0.2) is 147 Å². The number of amidine groups is 1. The van der Waals surface area contributed by atoms with E-state index in [9.17, 15) is 43.2 Å². The van der Waals surface area contributed by atoms with Crippen LogP contribution in [0.1, 0.15) is 296 Å². The van der Waals surface area contributed by atoms with Gasteiger partial charge in [-0.3, -0.25) is 44.5 Å². The van der Waals surface area contributed by atoms with Crippen LogP contribution in [0.2, 0.25) is 10.3 Å². The molecule has 796 valence electrons. The van der Waals surface area contributed by atoms with Gasteiger partial charge in [0.05, 0.1) is 6.61 Å². The van der Waals surface area contributed by atoms with Crippen molar-refractivity contribution in [2.45, 2.75) is 300 Å². The molecule has 0 radical (unpaired) electrons. The summed E-state index contributed by atoms with van der Waals surface area (Å²) < 4.78 is 20.5. The van der Waals surface area contributed by atoms with Crippen LogP contribution in [0, 0.1) is 5.41 Å². The third-order valence-corrected chi connectivity index (χ3v) is 20.6. The highest BCUT2D eigenvalue weighted by molar-refractivity contribution is 14.0. The Morgan fingerprint density at radius 2 is 0.634 bits per heavy atom. The van der Waals surface area contributed by atoms with E-state index in [-0.39, 0.29) is 162 Å². The minimum absolute atomic E-state index is 0. The monoisotopic (exact) mass is 2190 g/mol. The molecular formula is C102H164Cl4IN21O13S. The van der Waals surface area contributed by atoms with Crippen molar-refractivity contribution in [3.8, 4) is 0 Å². The Bertz CT molecular complexity index is 4790. The Hall–Kier alpha value is -10.8. The molecule has 2 aromatic heterocycles. The van der Waals surface area contributed by atoms with Gasteiger partial charge in [-0.2, -0.15) is 0 Å². The lowest BCUT2D eigenvalue weighted by atomic mass is 10.0. The number of hydrogen-bond donors (Lipinski definition) is 16. The van der Waals surface area contributed by atoms with Crippen LogP contribution in [0.15, 0.2) is 126 Å². The molecule has 7 aromatic rings. The first kappa shape index (κ1) is 137. The number of nitrogens with one attached hydrogen (secondary N) is 6. The molecule has 0 saturated heterocycles. The van der Waals surface area contributed by atoms with Crippen LogP contribution in [0.25, 0.3) is 0 Å². The van der Waals surface area contributed by atoms with Crippen molar-refractivity contribution in [1.82, 2.24) is 46.5 Å². The van der Waals surface area contributed by atoms with E-state index in [1.807, 2.05) is 93.5 Å². The van der Waals surface area contributed by atoms with E-state index in [0.717, 1.165) is 197 Å². The van der Waals surface area contributed by atoms with Crippen LogP contribution in [0.5, 0.6) is 0 Å². The van der Waals surface area contributed by atoms with Gasteiger partial charge in [-0.1, -0.05) is 159 Å². The standard InChI is InChI=1S/C22H35NO4.C21H29ClN8O2.C20H32N2O3.C15H24N2O2.C15H24N2O.C7H9ClN6OS.2CH4.2ClH.HI/c1-5-26-20(24)12-7-6-10-18-13-15-19(16-14-18)11-8-9-17-23-21(25)27-22(2,3)4;22-17-19(25)29-18(24)16(28-17)20(32)30-21(26)27-12-4-3-6-14-10-8-13(9-11-14)5-1-2-7-15(23)31;1-20(2,3)25-19(24)22-15-7-6-9-17-13-11-16(12-14-17)8-4-5-10-18(21)23;1-15(2,3)19-14(18)17-11-5-4-6-12-7-9-13(16)10-8-12;16-12-4-3-6-14-10-8-13(9-11-14)5-1-2-7-15(17)18;1-16-7(11)14-6(15)2-4(9)13-5(10)3(8)12-2;;;;;/h13-16H,5-12,17H2,1-4H3,(H,23,25);8-11H,1-7,12H2,(H2,23,31)(H4,24,25,29)(H3,26,27,30,32);11-14H,4-10,15H2,1-3H3,(H2,21,23)(H,22,24);7-10H,4-6,11,16H2,1-3H3,(H,17,18);8-11H,1-7,12,16H2,(H2,17,18);1H3,(H4,9,10,13)(H2,11,14,15);2*1H4;3*1H. The fraction of sp³-hybridized carbons (Fsp3) is 0.520. The molecule has 0 bridgehead atoms. The Kier molecular flexibility index (Phi) is 76.2. The third-order valence-electron chi connectivity index (χ3n) is 19.6. The van der Waals surface area contributed by atoms with Gasteiger partial charge in [0.15, 0.2) is 56.1 Å². The van der Waals surface area contributed by atoms with E-state index in [2.05, 4.69) is 149 Å². The number of alkyl carbamates (subject to hydrolysis) is 3. The van der Waals surface area contributed by atoms with Crippen molar-refractivity contribution in [2.24, 2.45) is 33.7 Å². The second-order valence-corrected chi connectivity index (χ2v) is 36.9. The molecule has 40 heteroatoms. The second kappa shape index (κ2) is 78.7. The second-order valence-electron chi connectivity index (χ2n) is 35.4. The lowest BCUT2D eigenvalue weighted by Crippen LogP contribution is -2.38. The van der Waals surface area contributed by atoms with Crippen LogP contribution >= 0.6 is 83.8 Å². The molecule has 0 saturated carbocycles. The molecule has 26 N–H and O–H groups in total. The SMILES string of the molecule is C.C.CC(C)(C)OC(=O)NCCCCc1ccc(CCCCC(N)=O)cc1.CC(C)(C)OC(=O)NCCCCc1ccc(N)cc1.CCOC(=O)CCCCc1ccc(CCCCNC(=O)OC(C)(C)C)cc1.CSC(=N)NC(=O)c1nc(Cl)c(N)nc1N.Cl.Cl.I.NC(=O)CCCCc1ccc(CCCCN=C(N)NC(=O)c2nc(Cl)c(N)nc2N)cc1.NCCCCc1ccc(CCCCC(N)=O)cc1. The topological polar surface area (TPSA) is 599 Å². The van der Waals surface area contributed by atoms with Gasteiger partial charge in [-0.05, 0) is 318 Å². The lowest BCUT2D eigenvalue weighted by molar-refractivity contribution is -0.143. The molecule has 0 aliphatic rings.